The van der Waals surface area contributed by atoms with E-state index >= 15 is 0 Å². The number of nitrogens with one attached hydrogen (secondary N) is 1. The van der Waals surface area contributed by atoms with Gasteiger partial charge in [-0.25, -0.2) is 0 Å². The fraction of sp³-hybridized carbons (Fsp3) is 0.364. The van der Waals surface area contributed by atoms with Gasteiger partial charge >= 0.3 is 0 Å². The SMILES string of the molecule is CCC(C(=O)NC)N(Cc1ccc(C)cc1)C(=O)CSCc1c(Cl)cccc1Cl. The fourth-order valence-corrected chi connectivity index (χ4v) is 4.62. The number of halogens is 2. The lowest BCUT2D eigenvalue weighted by molar-refractivity contribution is -0.139. The summed E-state index contributed by atoms with van der Waals surface area (Å²) in [4.78, 5) is 27.1. The third-order valence-electron chi connectivity index (χ3n) is 4.64. The largest absolute Gasteiger partial charge is 0.357 e. The fourth-order valence-electron chi connectivity index (χ4n) is 2.97. The first-order chi connectivity index (χ1) is 13.9. The molecule has 0 aliphatic rings. The van der Waals surface area contributed by atoms with Crippen molar-refractivity contribution in [1.82, 2.24) is 10.2 Å². The van der Waals surface area contributed by atoms with Crippen LogP contribution >= 0.6 is 35.0 Å². The molecular weight excluding hydrogens is 427 g/mol. The third-order valence-corrected chi connectivity index (χ3v) is 6.29. The smallest absolute Gasteiger partial charge is 0.242 e. The average Bonchev–Trinajstić information content (AvgIpc) is 2.71. The van der Waals surface area contributed by atoms with Gasteiger partial charge in [-0.05, 0) is 36.6 Å². The number of aryl methyl sites for hydroxylation is 1. The van der Waals surface area contributed by atoms with E-state index in [1.165, 1.54) is 11.8 Å². The number of carbonyl (C=O) groups excluding carboxylic acids is 2. The zero-order chi connectivity index (χ0) is 21.4. The van der Waals surface area contributed by atoms with Crippen molar-refractivity contribution in [3.63, 3.8) is 0 Å². The Bertz CT molecular complexity index is 823. The van der Waals surface area contributed by atoms with Crippen molar-refractivity contribution in [2.75, 3.05) is 12.8 Å². The number of nitrogens with zero attached hydrogens (tertiary/aromatic N) is 1. The highest BCUT2D eigenvalue weighted by Crippen LogP contribution is 2.28. The van der Waals surface area contributed by atoms with E-state index in [2.05, 4.69) is 5.32 Å². The number of rotatable bonds is 9. The Morgan fingerprint density at radius 2 is 1.72 bits per heavy atom. The summed E-state index contributed by atoms with van der Waals surface area (Å²) in [6.07, 6.45) is 0.540. The predicted molar refractivity (Wildman–Crippen MR) is 122 cm³/mol. The zero-order valence-corrected chi connectivity index (χ0v) is 19.2. The Morgan fingerprint density at radius 1 is 1.10 bits per heavy atom. The highest BCUT2D eigenvalue weighted by Gasteiger charge is 2.27. The molecule has 29 heavy (non-hydrogen) atoms. The summed E-state index contributed by atoms with van der Waals surface area (Å²) in [6, 6.07) is 12.8. The summed E-state index contributed by atoms with van der Waals surface area (Å²) in [5.41, 5.74) is 2.96. The standard InChI is InChI=1S/C22H26Cl2N2O2S/c1-4-20(22(28)25-3)26(12-16-10-8-15(2)9-11-16)21(27)14-29-13-17-18(23)6-5-7-19(17)24/h5-11,20H,4,12-14H2,1-3H3,(H,25,28). The van der Waals surface area contributed by atoms with Crippen LogP contribution in [-0.2, 0) is 21.9 Å². The van der Waals surface area contributed by atoms with E-state index in [0.29, 0.717) is 28.8 Å². The molecule has 0 fully saturated rings. The summed E-state index contributed by atoms with van der Waals surface area (Å²) in [6.45, 7) is 4.31. The summed E-state index contributed by atoms with van der Waals surface area (Å²) in [7, 11) is 1.59. The monoisotopic (exact) mass is 452 g/mol. The molecule has 1 atom stereocenters. The molecule has 0 bridgehead atoms. The molecule has 156 valence electrons. The number of amides is 2. The van der Waals surface area contributed by atoms with E-state index in [9.17, 15) is 9.59 Å². The van der Waals surface area contributed by atoms with E-state index in [1.807, 2.05) is 38.1 Å². The van der Waals surface area contributed by atoms with E-state index in [1.54, 1.807) is 30.1 Å². The number of benzene rings is 2. The molecule has 0 radical (unpaired) electrons. The van der Waals surface area contributed by atoms with Crippen LogP contribution in [-0.4, -0.2) is 35.6 Å². The molecule has 2 rings (SSSR count). The van der Waals surface area contributed by atoms with Crippen LogP contribution < -0.4 is 5.32 Å². The molecule has 0 aliphatic heterocycles. The van der Waals surface area contributed by atoms with Crippen molar-refractivity contribution < 1.29 is 9.59 Å². The van der Waals surface area contributed by atoms with Crippen molar-refractivity contribution in [2.24, 2.45) is 0 Å². The van der Waals surface area contributed by atoms with Crippen LogP contribution in [0.4, 0.5) is 0 Å². The Kier molecular flexibility index (Phi) is 9.34. The first-order valence-corrected chi connectivity index (χ1v) is 11.4. The molecule has 4 nitrogen and oxygen atoms in total. The van der Waals surface area contributed by atoms with Crippen LogP contribution in [0.3, 0.4) is 0 Å². The van der Waals surface area contributed by atoms with Gasteiger partial charge in [0, 0.05) is 29.4 Å². The van der Waals surface area contributed by atoms with Crippen LogP contribution in [0.1, 0.15) is 30.0 Å². The van der Waals surface area contributed by atoms with Gasteiger partial charge in [0.05, 0.1) is 5.75 Å². The highest BCUT2D eigenvalue weighted by molar-refractivity contribution is 7.99. The quantitative estimate of drug-likeness (QED) is 0.576. The number of hydrogen-bond acceptors (Lipinski definition) is 3. The van der Waals surface area contributed by atoms with Gasteiger partial charge in [-0.2, -0.15) is 0 Å². The van der Waals surface area contributed by atoms with Crippen molar-refractivity contribution >= 4 is 46.8 Å². The molecule has 1 unspecified atom stereocenters. The second kappa shape index (κ2) is 11.5. The minimum atomic E-state index is -0.515. The Labute approximate surface area is 187 Å². The van der Waals surface area contributed by atoms with Gasteiger partial charge in [-0.1, -0.05) is 66.0 Å². The van der Waals surface area contributed by atoms with Crippen LogP contribution in [0.2, 0.25) is 10.0 Å². The number of hydrogen-bond donors (Lipinski definition) is 1. The van der Waals surface area contributed by atoms with Crippen molar-refractivity contribution in [3.8, 4) is 0 Å². The van der Waals surface area contributed by atoms with Gasteiger partial charge in [-0.3, -0.25) is 9.59 Å². The first-order valence-electron chi connectivity index (χ1n) is 9.44. The Morgan fingerprint density at radius 3 is 2.28 bits per heavy atom. The lowest BCUT2D eigenvalue weighted by Crippen LogP contribution is -2.48. The topological polar surface area (TPSA) is 49.4 Å². The average molecular weight is 453 g/mol. The normalized spacial score (nSPS) is 11.8. The Hall–Kier alpha value is -1.69. The number of likely N-dealkylation sites (N-methyl/N-ethyl adjacent to an activating group) is 1. The second-order valence-corrected chi connectivity index (χ2v) is 8.54. The maximum atomic E-state index is 13.1. The summed E-state index contributed by atoms with van der Waals surface area (Å²) in [5.74, 6) is 0.515. The Balaban J connectivity index is 2.12. The van der Waals surface area contributed by atoms with E-state index in [-0.39, 0.29) is 17.6 Å². The molecule has 2 aromatic rings. The number of carbonyl (C=O) groups is 2. The molecule has 7 heteroatoms. The minimum Gasteiger partial charge on any atom is -0.357 e. The maximum Gasteiger partial charge on any atom is 0.242 e. The molecular formula is C22H26Cl2N2O2S. The molecule has 0 heterocycles. The summed E-state index contributed by atoms with van der Waals surface area (Å²) in [5, 5.41) is 3.85. The van der Waals surface area contributed by atoms with E-state index < -0.39 is 6.04 Å². The molecule has 0 saturated heterocycles. The van der Waals surface area contributed by atoms with Crippen molar-refractivity contribution in [1.29, 1.82) is 0 Å². The van der Waals surface area contributed by atoms with Gasteiger partial charge in [0.25, 0.3) is 0 Å². The van der Waals surface area contributed by atoms with Gasteiger partial charge in [0.15, 0.2) is 0 Å². The molecule has 2 amide bonds. The molecule has 0 spiro atoms. The zero-order valence-electron chi connectivity index (χ0n) is 16.9. The number of thioether (sulfide) groups is 1. The molecule has 0 aromatic heterocycles. The molecule has 1 N–H and O–H groups in total. The van der Waals surface area contributed by atoms with Crippen LogP contribution in [0, 0.1) is 6.92 Å². The second-order valence-electron chi connectivity index (χ2n) is 6.74. The lowest BCUT2D eigenvalue weighted by Gasteiger charge is -2.30. The van der Waals surface area contributed by atoms with Gasteiger partial charge in [0.1, 0.15) is 6.04 Å². The minimum absolute atomic E-state index is 0.0887. The first kappa shape index (κ1) is 23.6. The van der Waals surface area contributed by atoms with E-state index in [4.69, 9.17) is 23.2 Å². The van der Waals surface area contributed by atoms with E-state index in [0.717, 1.165) is 16.7 Å². The van der Waals surface area contributed by atoms with Gasteiger partial charge < -0.3 is 10.2 Å². The van der Waals surface area contributed by atoms with Gasteiger partial charge in [0.2, 0.25) is 11.8 Å². The van der Waals surface area contributed by atoms with Crippen LogP contribution in [0.5, 0.6) is 0 Å². The van der Waals surface area contributed by atoms with Crippen molar-refractivity contribution in [3.05, 3.63) is 69.2 Å². The third kappa shape index (κ3) is 6.66. The van der Waals surface area contributed by atoms with Crippen LogP contribution in [0.25, 0.3) is 0 Å². The highest BCUT2D eigenvalue weighted by atomic mass is 35.5. The summed E-state index contributed by atoms with van der Waals surface area (Å²) >= 11 is 13.9. The molecule has 0 aliphatic carbocycles. The van der Waals surface area contributed by atoms with Gasteiger partial charge in [-0.15, -0.1) is 11.8 Å². The predicted octanol–water partition coefficient (Wildman–Crippen LogP) is 5.09. The maximum absolute atomic E-state index is 13.1. The molecule has 0 saturated carbocycles. The summed E-state index contributed by atoms with van der Waals surface area (Å²) < 4.78 is 0. The van der Waals surface area contributed by atoms with Crippen LogP contribution in [0.15, 0.2) is 42.5 Å². The van der Waals surface area contributed by atoms with Crippen molar-refractivity contribution in [2.45, 2.75) is 38.6 Å². The lowest BCUT2D eigenvalue weighted by atomic mass is 10.1. The molecule has 2 aromatic carbocycles.